The number of benzene rings is 1. The van der Waals surface area contributed by atoms with Crippen LogP contribution in [-0.2, 0) is 19.1 Å². The number of carbonyl (C=O) groups is 3. The molecule has 0 aliphatic carbocycles. The first-order valence-electron chi connectivity index (χ1n) is 9.45. The van der Waals surface area contributed by atoms with Crippen LogP contribution in [0.2, 0.25) is 0 Å². The molecule has 1 aromatic carbocycles. The quantitative estimate of drug-likeness (QED) is 0.240. The van der Waals surface area contributed by atoms with E-state index in [1.54, 1.807) is 0 Å². The molecule has 40 heavy (non-hydrogen) atoms. The molecule has 228 valence electrons. The Kier molecular flexibility index (Phi) is 9.55. The maximum Gasteiger partial charge on any atom is 0.465 e. The topological polar surface area (TPSA) is 90.9 Å². The van der Waals surface area contributed by atoms with E-state index in [1.807, 2.05) is 0 Å². The Labute approximate surface area is 210 Å². The first-order chi connectivity index (χ1) is 17.7. The van der Waals surface area contributed by atoms with Crippen molar-refractivity contribution in [3.8, 4) is 11.5 Å². The first kappa shape index (κ1) is 34.4. The van der Waals surface area contributed by atoms with Crippen LogP contribution >= 0.6 is 0 Å². The third-order valence-electron chi connectivity index (χ3n) is 4.33. The van der Waals surface area contributed by atoms with Crippen molar-refractivity contribution in [3.63, 3.8) is 0 Å². The van der Waals surface area contributed by atoms with E-state index in [1.165, 1.54) is 0 Å². The van der Waals surface area contributed by atoms with Crippen molar-refractivity contribution in [1.82, 2.24) is 5.32 Å². The van der Waals surface area contributed by atoms with Crippen molar-refractivity contribution in [3.05, 3.63) is 23.8 Å². The molecule has 0 spiro atoms. The highest BCUT2D eigenvalue weighted by atomic mass is 19.4. The Morgan fingerprint density at radius 3 is 1.57 bits per heavy atom. The van der Waals surface area contributed by atoms with Crippen LogP contribution in [0.3, 0.4) is 0 Å². The molecule has 0 saturated carbocycles. The maximum atomic E-state index is 13.3. The lowest BCUT2D eigenvalue weighted by molar-refractivity contribution is -0.282. The standard InChI is InChI=1S/C18H10F15NO6/c1-38-8-4-6(2-3-7(8)39-11(36)14(21,22)17(28,29)30)9(40-12(37)15(23,24)18(31,32)33)5-34-10(35)13(19,20)16(25,26)27/h2-4,9H,5H2,1H3,(H,34,35). The summed E-state index contributed by atoms with van der Waals surface area (Å²) in [4.78, 5) is 34.0. The second-order valence-electron chi connectivity index (χ2n) is 7.12. The summed E-state index contributed by atoms with van der Waals surface area (Å²) in [6.07, 6.45) is -22.4. The van der Waals surface area contributed by atoms with Gasteiger partial charge in [0.1, 0.15) is 6.10 Å². The van der Waals surface area contributed by atoms with Gasteiger partial charge in [-0.2, -0.15) is 65.9 Å². The fourth-order valence-electron chi connectivity index (χ4n) is 2.22. The van der Waals surface area contributed by atoms with Crippen LogP contribution in [0, 0.1) is 0 Å². The summed E-state index contributed by atoms with van der Waals surface area (Å²) in [7, 11) is 0.586. The molecule has 0 saturated heterocycles. The molecule has 1 N–H and O–H groups in total. The predicted molar refractivity (Wildman–Crippen MR) is 93.5 cm³/mol. The molecular formula is C18H10F15NO6. The fourth-order valence-corrected chi connectivity index (χ4v) is 2.22. The molecule has 0 bridgehead atoms. The maximum absolute atomic E-state index is 13.3. The molecule has 1 amide bonds. The minimum Gasteiger partial charge on any atom is -0.493 e. The largest absolute Gasteiger partial charge is 0.493 e. The van der Waals surface area contributed by atoms with Crippen LogP contribution in [0.5, 0.6) is 11.5 Å². The highest BCUT2D eigenvalue weighted by Gasteiger charge is 2.66. The number of ether oxygens (including phenoxy) is 3. The van der Waals surface area contributed by atoms with E-state index in [0.717, 1.165) is 5.32 Å². The SMILES string of the molecule is COc1cc(C(CNC(=O)C(F)(F)C(F)(F)F)OC(=O)C(F)(F)C(F)(F)F)ccc1OC(=O)C(F)(F)C(F)(F)F. The third kappa shape index (κ3) is 7.11. The number of carbonyl (C=O) groups excluding carboxylic acids is 3. The lowest BCUT2D eigenvalue weighted by Gasteiger charge is -2.25. The van der Waals surface area contributed by atoms with Crippen LogP contribution in [0.1, 0.15) is 11.7 Å². The number of rotatable bonds is 9. The van der Waals surface area contributed by atoms with E-state index in [4.69, 9.17) is 0 Å². The third-order valence-corrected chi connectivity index (χ3v) is 4.33. The van der Waals surface area contributed by atoms with E-state index in [-0.39, 0.29) is 18.2 Å². The van der Waals surface area contributed by atoms with Crippen molar-refractivity contribution in [1.29, 1.82) is 0 Å². The molecule has 1 rings (SSSR count). The number of methoxy groups -OCH3 is 1. The van der Waals surface area contributed by atoms with Crippen LogP contribution in [0.25, 0.3) is 0 Å². The summed E-state index contributed by atoms with van der Waals surface area (Å²) in [5.41, 5.74) is -1.03. The van der Waals surface area contributed by atoms with Crippen molar-refractivity contribution in [2.24, 2.45) is 0 Å². The van der Waals surface area contributed by atoms with Crippen molar-refractivity contribution in [2.45, 2.75) is 42.4 Å². The van der Waals surface area contributed by atoms with Gasteiger partial charge < -0.3 is 19.5 Å². The molecule has 7 nitrogen and oxygen atoms in total. The van der Waals surface area contributed by atoms with Crippen molar-refractivity contribution in [2.75, 3.05) is 13.7 Å². The Morgan fingerprint density at radius 1 is 0.700 bits per heavy atom. The van der Waals surface area contributed by atoms with Crippen molar-refractivity contribution >= 4 is 17.8 Å². The van der Waals surface area contributed by atoms with Gasteiger partial charge in [-0.3, -0.25) is 4.79 Å². The Morgan fingerprint density at radius 2 is 1.15 bits per heavy atom. The van der Waals surface area contributed by atoms with Gasteiger partial charge >= 0.3 is 54.1 Å². The summed E-state index contributed by atoms with van der Waals surface area (Å²) >= 11 is 0. The highest BCUT2D eigenvalue weighted by Crippen LogP contribution is 2.41. The van der Waals surface area contributed by atoms with E-state index >= 15 is 0 Å². The number of hydrogen-bond donors (Lipinski definition) is 1. The van der Waals surface area contributed by atoms with Gasteiger partial charge in [-0.05, 0) is 17.7 Å². The van der Waals surface area contributed by atoms with Crippen LogP contribution < -0.4 is 14.8 Å². The summed E-state index contributed by atoms with van der Waals surface area (Å²) in [5.74, 6) is -30.9. The predicted octanol–water partition coefficient (Wildman–Crippen LogP) is 4.89. The fraction of sp³-hybridized carbons (Fsp3) is 0.500. The Bertz CT molecular complexity index is 1110. The van der Waals surface area contributed by atoms with Crippen LogP contribution in [-0.4, -0.2) is 67.8 Å². The highest BCUT2D eigenvalue weighted by molar-refractivity contribution is 5.84. The zero-order valence-electron chi connectivity index (χ0n) is 18.6. The van der Waals surface area contributed by atoms with Gasteiger partial charge in [-0.25, -0.2) is 9.59 Å². The molecule has 1 aromatic rings. The number of halogens is 15. The van der Waals surface area contributed by atoms with Gasteiger partial charge in [0.2, 0.25) is 0 Å². The Hall–Kier alpha value is -3.62. The summed E-state index contributed by atoms with van der Waals surface area (Å²) in [5, 5.41) is 0.782. The van der Waals surface area contributed by atoms with Crippen LogP contribution in [0.15, 0.2) is 18.2 Å². The van der Waals surface area contributed by atoms with E-state index in [9.17, 15) is 80.2 Å². The van der Waals surface area contributed by atoms with Gasteiger partial charge in [-0.15, -0.1) is 0 Å². The van der Waals surface area contributed by atoms with E-state index in [0.29, 0.717) is 7.11 Å². The van der Waals surface area contributed by atoms with Crippen molar-refractivity contribution < 1.29 is 94.5 Å². The lowest BCUT2D eigenvalue weighted by atomic mass is 10.1. The number of amides is 1. The molecule has 0 fully saturated rings. The minimum absolute atomic E-state index is 0.202. The molecule has 0 heterocycles. The monoisotopic (exact) mass is 621 g/mol. The summed E-state index contributed by atoms with van der Waals surface area (Å²) in [6, 6.07) is 0.702. The summed E-state index contributed by atoms with van der Waals surface area (Å²) in [6.45, 7) is -1.88. The van der Waals surface area contributed by atoms with Gasteiger partial charge in [0.15, 0.2) is 11.5 Å². The zero-order chi connectivity index (χ0) is 31.7. The lowest BCUT2D eigenvalue weighted by Crippen LogP contribution is -2.51. The number of esters is 2. The molecular weight excluding hydrogens is 611 g/mol. The Balaban J connectivity index is 3.46. The normalized spacial score (nSPS) is 14.3. The van der Waals surface area contributed by atoms with E-state index < -0.39 is 83.9 Å². The van der Waals surface area contributed by atoms with Gasteiger partial charge in [0.05, 0.1) is 13.7 Å². The number of nitrogens with one attached hydrogen (secondary N) is 1. The number of hydrogen-bond acceptors (Lipinski definition) is 6. The smallest absolute Gasteiger partial charge is 0.465 e. The summed E-state index contributed by atoms with van der Waals surface area (Å²) < 4.78 is 203. The second kappa shape index (κ2) is 11.1. The molecule has 1 atom stereocenters. The molecule has 1 unspecified atom stereocenters. The number of alkyl halides is 15. The zero-order valence-corrected chi connectivity index (χ0v) is 18.6. The minimum atomic E-state index is -6.62. The molecule has 0 aliphatic rings. The molecule has 0 aromatic heterocycles. The average Bonchev–Trinajstić information content (AvgIpc) is 2.79. The van der Waals surface area contributed by atoms with Gasteiger partial charge in [0, 0.05) is 0 Å². The average molecular weight is 621 g/mol. The van der Waals surface area contributed by atoms with Gasteiger partial charge in [-0.1, -0.05) is 6.07 Å². The van der Waals surface area contributed by atoms with Crippen LogP contribution in [0.4, 0.5) is 65.9 Å². The van der Waals surface area contributed by atoms with E-state index in [2.05, 4.69) is 14.2 Å². The second-order valence-corrected chi connectivity index (χ2v) is 7.12. The molecule has 22 heteroatoms. The molecule has 0 radical (unpaired) electrons. The first-order valence-corrected chi connectivity index (χ1v) is 9.45. The molecule has 0 aliphatic heterocycles. The van der Waals surface area contributed by atoms with Gasteiger partial charge in [0.25, 0.3) is 0 Å².